The number of allylic oxidation sites excluding steroid dienone is 1. The third-order valence-corrected chi connectivity index (χ3v) is 8.02. The Kier molecular flexibility index (Phi) is 30.9. The molecule has 0 aromatic rings. The minimum absolute atomic E-state index is 0.0643. The Morgan fingerprint density at radius 1 is 0.590 bits per heavy atom. The van der Waals surface area contributed by atoms with E-state index in [1.54, 1.807) is 6.08 Å². The molecule has 0 fully saturated rings. The van der Waals surface area contributed by atoms with Crippen LogP contribution in [0, 0.1) is 0 Å². The number of rotatable bonds is 31. The maximum Gasteiger partial charge on any atom is 0.220 e. The van der Waals surface area contributed by atoms with Gasteiger partial charge >= 0.3 is 0 Å². The van der Waals surface area contributed by atoms with Crippen LogP contribution >= 0.6 is 0 Å². The van der Waals surface area contributed by atoms with Gasteiger partial charge in [0.2, 0.25) is 5.91 Å². The second kappa shape index (κ2) is 31.7. The average Bonchev–Trinajstić information content (AvgIpc) is 2.94. The van der Waals surface area contributed by atoms with Gasteiger partial charge in [0, 0.05) is 6.42 Å². The van der Waals surface area contributed by atoms with Crippen molar-refractivity contribution in [1.29, 1.82) is 0 Å². The molecule has 232 valence electrons. The number of aliphatic hydroxyl groups is 2. The van der Waals surface area contributed by atoms with Crippen LogP contribution in [0.1, 0.15) is 187 Å². The number of hydrogen-bond acceptors (Lipinski definition) is 3. The smallest absolute Gasteiger partial charge is 0.220 e. The first kappa shape index (κ1) is 38.1. The normalized spacial score (nSPS) is 13.2. The number of unbranched alkanes of at least 4 members (excludes halogenated alkanes) is 24. The minimum Gasteiger partial charge on any atom is -0.394 e. The number of carbonyl (C=O) groups excluding carboxylic acids is 1. The second-order valence-corrected chi connectivity index (χ2v) is 11.9. The molecule has 0 rings (SSSR count). The summed E-state index contributed by atoms with van der Waals surface area (Å²) >= 11 is 0. The minimum atomic E-state index is -0.831. The zero-order chi connectivity index (χ0) is 28.7. The lowest BCUT2D eigenvalue weighted by atomic mass is 10.0. The van der Waals surface area contributed by atoms with E-state index in [9.17, 15) is 15.0 Å². The molecule has 0 heterocycles. The second-order valence-electron chi connectivity index (χ2n) is 11.9. The van der Waals surface area contributed by atoms with Gasteiger partial charge in [-0.3, -0.25) is 4.79 Å². The van der Waals surface area contributed by atoms with Gasteiger partial charge in [-0.05, 0) is 19.3 Å². The van der Waals surface area contributed by atoms with Gasteiger partial charge in [-0.1, -0.05) is 174 Å². The van der Waals surface area contributed by atoms with E-state index in [4.69, 9.17) is 0 Å². The van der Waals surface area contributed by atoms with Crippen LogP contribution in [0.15, 0.2) is 12.2 Å². The van der Waals surface area contributed by atoms with Crippen LogP contribution < -0.4 is 5.32 Å². The Labute approximate surface area is 244 Å². The molecule has 0 radical (unpaired) electrons. The summed E-state index contributed by atoms with van der Waals surface area (Å²) in [5, 5.41) is 22.8. The number of aliphatic hydroxyl groups excluding tert-OH is 2. The number of carbonyl (C=O) groups is 1. The summed E-state index contributed by atoms with van der Waals surface area (Å²) in [4.78, 5) is 12.3. The summed E-state index contributed by atoms with van der Waals surface area (Å²) < 4.78 is 0. The third-order valence-electron chi connectivity index (χ3n) is 8.02. The summed E-state index contributed by atoms with van der Waals surface area (Å²) in [6.07, 6.45) is 37.1. The van der Waals surface area contributed by atoms with Crippen molar-refractivity contribution in [2.45, 2.75) is 199 Å². The average molecular weight is 552 g/mol. The van der Waals surface area contributed by atoms with Gasteiger partial charge < -0.3 is 15.5 Å². The quantitative estimate of drug-likeness (QED) is 0.0593. The predicted molar refractivity (Wildman–Crippen MR) is 170 cm³/mol. The summed E-state index contributed by atoms with van der Waals surface area (Å²) in [6, 6.07) is -0.613. The first-order valence-electron chi connectivity index (χ1n) is 17.4. The van der Waals surface area contributed by atoms with E-state index in [1.807, 2.05) is 6.08 Å². The predicted octanol–water partition coefficient (Wildman–Crippen LogP) is 9.95. The Balaban J connectivity index is 3.62. The van der Waals surface area contributed by atoms with Gasteiger partial charge in [0.15, 0.2) is 0 Å². The standard InChI is InChI=1S/C35H69NO3/c1-3-5-7-9-11-13-15-17-19-20-22-24-26-28-30-34(38)33(32-37)36-35(39)31-29-27-25-23-21-18-16-14-12-10-8-6-4-2/h28,30,33-34,37-38H,3-27,29,31-32H2,1-2H3,(H,36,39)/b30-28+. The first-order chi connectivity index (χ1) is 19.2. The molecule has 39 heavy (non-hydrogen) atoms. The molecule has 0 aromatic carbocycles. The van der Waals surface area contributed by atoms with Crippen molar-refractivity contribution >= 4 is 5.91 Å². The molecular formula is C35H69NO3. The van der Waals surface area contributed by atoms with Crippen LogP contribution in [0.3, 0.4) is 0 Å². The highest BCUT2D eigenvalue weighted by molar-refractivity contribution is 5.76. The van der Waals surface area contributed by atoms with Crippen molar-refractivity contribution in [1.82, 2.24) is 5.32 Å². The molecule has 0 aliphatic heterocycles. The molecule has 0 saturated heterocycles. The van der Waals surface area contributed by atoms with Crippen molar-refractivity contribution in [3.63, 3.8) is 0 Å². The van der Waals surface area contributed by atoms with E-state index in [-0.39, 0.29) is 12.5 Å². The number of hydrogen-bond donors (Lipinski definition) is 3. The summed E-state index contributed by atoms with van der Waals surface area (Å²) in [6.45, 7) is 4.29. The van der Waals surface area contributed by atoms with Crippen LogP contribution in [0.4, 0.5) is 0 Å². The molecule has 0 aliphatic carbocycles. The topological polar surface area (TPSA) is 69.6 Å². The molecular weight excluding hydrogens is 482 g/mol. The fourth-order valence-electron chi connectivity index (χ4n) is 5.29. The van der Waals surface area contributed by atoms with Crippen molar-refractivity contribution in [2.24, 2.45) is 0 Å². The SMILES string of the molecule is CCCCCCCCCCCCCC/C=C/C(O)C(CO)NC(=O)CCCCCCCCCCCCCCC. The Morgan fingerprint density at radius 2 is 0.949 bits per heavy atom. The van der Waals surface area contributed by atoms with E-state index >= 15 is 0 Å². The molecule has 3 N–H and O–H groups in total. The maximum atomic E-state index is 12.3. The number of amides is 1. The van der Waals surface area contributed by atoms with E-state index in [0.29, 0.717) is 6.42 Å². The third kappa shape index (κ3) is 28.5. The highest BCUT2D eigenvalue weighted by Gasteiger charge is 2.17. The molecule has 0 saturated carbocycles. The fraction of sp³-hybridized carbons (Fsp3) is 0.914. The van der Waals surface area contributed by atoms with Crippen molar-refractivity contribution in [3.8, 4) is 0 Å². The van der Waals surface area contributed by atoms with E-state index in [2.05, 4.69) is 19.2 Å². The van der Waals surface area contributed by atoms with Gasteiger partial charge in [-0.15, -0.1) is 0 Å². The van der Waals surface area contributed by atoms with Crippen molar-refractivity contribution in [3.05, 3.63) is 12.2 Å². The summed E-state index contributed by atoms with van der Waals surface area (Å²) in [5.74, 6) is -0.0643. The molecule has 0 aliphatic rings. The van der Waals surface area contributed by atoms with Crippen LogP contribution in [-0.4, -0.2) is 34.9 Å². The van der Waals surface area contributed by atoms with E-state index in [0.717, 1.165) is 25.7 Å². The number of nitrogens with one attached hydrogen (secondary N) is 1. The van der Waals surface area contributed by atoms with Gasteiger partial charge in [-0.2, -0.15) is 0 Å². The monoisotopic (exact) mass is 552 g/mol. The molecule has 0 spiro atoms. The Morgan fingerprint density at radius 3 is 1.33 bits per heavy atom. The maximum absolute atomic E-state index is 12.3. The zero-order valence-electron chi connectivity index (χ0n) is 26.4. The van der Waals surface area contributed by atoms with Crippen LogP contribution in [0.2, 0.25) is 0 Å². The summed E-state index contributed by atoms with van der Waals surface area (Å²) in [5.41, 5.74) is 0. The Hall–Kier alpha value is -0.870. The van der Waals surface area contributed by atoms with E-state index in [1.165, 1.54) is 141 Å². The molecule has 1 amide bonds. The van der Waals surface area contributed by atoms with Crippen LogP contribution in [0.5, 0.6) is 0 Å². The lowest BCUT2D eigenvalue weighted by Gasteiger charge is -2.20. The molecule has 2 unspecified atom stereocenters. The van der Waals surface area contributed by atoms with Gasteiger partial charge in [0.1, 0.15) is 0 Å². The zero-order valence-corrected chi connectivity index (χ0v) is 26.4. The molecule has 0 aromatic heterocycles. The van der Waals surface area contributed by atoms with Crippen molar-refractivity contribution in [2.75, 3.05) is 6.61 Å². The lowest BCUT2D eigenvalue weighted by Crippen LogP contribution is -2.45. The molecule has 4 heteroatoms. The van der Waals surface area contributed by atoms with Crippen LogP contribution in [0.25, 0.3) is 0 Å². The molecule has 0 bridgehead atoms. The van der Waals surface area contributed by atoms with Gasteiger partial charge in [-0.25, -0.2) is 0 Å². The highest BCUT2D eigenvalue weighted by atomic mass is 16.3. The highest BCUT2D eigenvalue weighted by Crippen LogP contribution is 2.14. The van der Waals surface area contributed by atoms with E-state index < -0.39 is 12.1 Å². The molecule has 2 atom stereocenters. The van der Waals surface area contributed by atoms with Gasteiger partial charge in [0.05, 0.1) is 18.8 Å². The van der Waals surface area contributed by atoms with Crippen LogP contribution in [-0.2, 0) is 4.79 Å². The fourth-order valence-corrected chi connectivity index (χ4v) is 5.29. The summed E-state index contributed by atoms with van der Waals surface area (Å²) in [7, 11) is 0. The van der Waals surface area contributed by atoms with Gasteiger partial charge in [0.25, 0.3) is 0 Å². The molecule has 4 nitrogen and oxygen atoms in total. The first-order valence-corrected chi connectivity index (χ1v) is 17.4. The Bertz CT molecular complexity index is 522. The largest absolute Gasteiger partial charge is 0.394 e. The van der Waals surface area contributed by atoms with Crippen molar-refractivity contribution < 1.29 is 15.0 Å². The lowest BCUT2D eigenvalue weighted by molar-refractivity contribution is -0.123.